The number of carbonyl (C=O) groups excluding carboxylic acids is 1. The van der Waals surface area contributed by atoms with Gasteiger partial charge in [0.25, 0.3) is 0 Å². The Kier molecular flexibility index (Phi) is 7.49. The molecule has 118 valence electrons. The molecule has 1 aromatic carbocycles. The number of likely N-dealkylation sites (N-methyl/N-ethyl adjacent to an activating group) is 1. The van der Waals surface area contributed by atoms with Gasteiger partial charge in [-0.15, -0.1) is 0 Å². The van der Waals surface area contributed by atoms with Gasteiger partial charge in [-0.05, 0) is 45.1 Å². The molecule has 0 N–H and O–H groups in total. The molecule has 21 heavy (non-hydrogen) atoms. The number of hydrogen-bond donors (Lipinski definition) is 0. The van der Waals surface area contributed by atoms with E-state index in [1.165, 1.54) is 0 Å². The van der Waals surface area contributed by atoms with Crippen molar-refractivity contribution < 1.29 is 9.53 Å². The Labute approximate surface area is 140 Å². The summed E-state index contributed by atoms with van der Waals surface area (Å²) < 4.78 is 6.75. The molecule has 0 unspecified atom stereocenters. The predicted molar refractivity (Wildman–Crippen MR) is 90.3 cm³/mol. The first kappa shape index (κ1) is 18.3. The molecule has 1 rings (SSSR count). The average Bonchev–Trinajstić information content (AvgIpc) is 2.43. The lowest BCUT2D eigenvalue weighted by Gasteiger charge is -2.21. The van der Waals surface area contributed by atoms with E-state index in [4.69, 9.17) is 16.3 Å². The van der Waals surface area contributed by atoms with E-state index in [2.05, 4.69) is 15.9 Å². The zero-order chi connectivity index (χ0) is 16.0. The minimum atomic E-state index is 0.424. The van der Waals surface area contributed by atoms with Crippen LogP contribution in [0.4, 0.5) is 0 Å². The number of benzene rings is 1. The van der Waals surface area contributed by atoms with Crippen molar-refractivity contribution in [3.63, 3.8) is 0 Å². The van der Waals surface area contributed by atoms with Crippen LogP contribution < -0.4 is 4.74 Å². The zero-order valence-corrected chi connectivity index (χ0v) is 15.3. The van der Waals surface area contributed by atoms with Gasteiger partial charge in [0.1, 0.15) is 12.4 Å². The molecule has 0 aromatic heterocycles. The van der Waals surface area contributed by atoms with Crippen molar-refractivity contribution in [1.29, 1.82) is 0 Å². The van der Waals surface area contributed by atoms with Crippen LogP contribution in [-0.4, -0.2) is 56.5 Å². The van der Waals surface area contributed by atoms with E-state index in [1.54, 1.807) is 4.90 Å². The van der Waals surface area contributed by atoms with Crippen molar-refractivity contribution in [2.75, 3.05) is 40.3 Å². The maximum absolute atomic E-state index is 11.0. The number of amides is 1. The maximum atomic E-state index is 11.0. The largest absolute Gasteiger partial charge is 0.490 e. The summed E-state index contributed by atoms with van der Waals surface area (Å²) in [6, 6.07) is 1.99. The summed E-state index contributed by atoms with van der Waals surface area (Å²) in [4.78, 5) is 14.8. The highest BCUT2D eigenvalue weighted by Crippen LogP contribution is 2.36. The first-order chi connectivity index (χ1) is 9.86. The Morgan fingerprint density at radius 1 is 1.29 bits per heavy atom. The van der Waals surface area contributed by atoms with Crippen molar-refractivity contribution >= 4 is 33.9 Å². The van der Waals surface area contributed by atoms with Gasteiger partial charge in [0.05, 0.1) is 11.6 Å². The highest BCUT2D eigenvalue weighted by molar-refractivity contribution is 9.10. The summed E-state index contributed by atoms with van der Waals surface area (Å²) in [5.41, 5.74) is 1.93. The lowest BCUT2D eigenvalue weighted by atomic mass is 10.1. The number of halogens is 2. The Balaban J connectivity index is 2.59. The van der Waals surface area contributed by atoms with Gasteiger partial charge >= 0.3 is 0 Å². The van der Waals surface area contributed by atoms with Crippen LogP contribution >= 0.6 is 27.5 Å². The van der Waals surface area contributed by atoms with Gasteiger partial charge in [-0.3, -0.25) is 4.79 Å². The third-order valence-electron chi connectivity index (χ3n) is 3.20. The van der Waals surface area contributed by atoms with E-state index < -0.39 is 0 Å². The molecule has 0 fully saturated rings. The highest BCUT2D eigenvalue weighted by Gasteiger charge is 2.12. The monoisotopic (exact) mass is 376 g/mol. The van der Waals surface area contributed by atoms with E-state index >= 15 is 0 Å². The van der Waals surface area contributed by atoms with Crippen LogP contribution in [0.5, 0.6) is 5.75 Å². The molecule has 0 radical (unpaired) electrons. The number of nitrogens with zero attached hydrogens (tertiary/aromatic N) is 2. The molecule has 0 aliphatic carbocycles. The molecule has 1 aromatic rings. The Morgan fingerprint density at radius 3 is 2.52 bits per heavy atom. The maximum Gasteiger partial charge on any atom is 0.209 e. The summed E-state index contributed by atoms with van der Waals surface area (Å²) in [7, 11) is 3.96. The summed E-state index contributed by atoms with van der Waals surface area (Å²) in [6.45, 7) is 6.38. The Hall–Kier alpha value is -0.780. The standard InChI is InChI=1S/C15H22BrClN2O2/c1-11-9-13(16)12(2)14(17)15(11)21-8-7-19(10-20)6-5-18(3)4/h9-10H,5-8H2,1-4H3. The third kappa shape index (κ3) is 5.49. The topological polar surface area (TPSA) is 32.8 Å². The Bertz CT molecular complexity index is 495. The van der Waals surface area contributed by atoms with Gasteiger partial charge in [-0.25, -0.2) is 0 Å². The number of hydrogen-bond acceptors (Lipinski definition) is 3. The van der Waals surface area contributed by atoms with Crippen LogP contribution in [0.3, 0.4) is 0 Å². The molecule has 0 bridgehead atoms. The van der Waals surface area contributed by atoms with E-state index in [9.17, 15) is 4.79 Å². The SMILES string of the molecule is Cc1cc(Br)c(C)c(Cl)c1OCCN(C=O)CCN(C)C. The molecule has 4 nitrogen and oxygen atoms in total. The third-order valence-corrected chi connectivity index (χ3v) is 4.48. The van der Waals surface area contributed by atoms with Crippen LogP contribution in [0.2, 0.25) is 5.02 Å². The summed E-state index contributed by atoms with van der Waals surface area (Å²) >= 11 is 9.78. The molecule has 0 saturated heterocycles. The molecular weight excluding hydrogens is 356 g/mol. The van der Waals surface area contributed by atoms with Crippen molar-refractivity contribution in [2.24, 2.45) is 0 Å². The fourth-order valence-electron chi connectivity index (χ4n) is 1.80. The highest BCUT2D eigenvalue weighted by atomic mass is 79.9. The van der Waals surface area contributed by atoms with Gasteiger partial charge < -0.3 is 14.5 Å². The number of ether oxygens (including phenoxy) is 1. The Morgan fingerprint density at radius 2 is 1.95 bits per heavy atom. The van der Waals surface area contributed by atoms with Crippen molar-refractivity contribution in [3.8, 4) is 5.75 Å². The fourth-order valence-corrected chi connectivity index (χ4v) is 2.76. The van der Waals surface area contributed by atoms with Gasteiger partial charge in [-0.2, -0.15) is 0 Å². The van der Waals surface area contributed by atoms with Crippen LogP contribution in [0, 0.1) is 13.8 Å². The van der Waals surface area contributed by atoms with Crippen molar-refractivity contribution in [2.45, 2.75) is 13.8 Å². The second kappa shape index (κ2) is 8.61. The van der Waals surface area contributed by atoms with E-state index in [1.807, 2.05) is 38.9 Å². The second-order valence-electron chi connectivity index (χ2n) is 5.24. The first-order valence-electron chi connectivity index (χ1n) is 6.79. The molecule has 0 saturated carbocycles. The normalized spacial score (nSPS) is 10.8. The fraction of sp³-hybridized carbons (Fsp3) is 0.533. The van der Waals surface area contributed by atoms with Crippen LogP contribution in [0.25, 0.3) is 0 Å². The van der Waals surface area contributed by atoms with E-state index in [0.717, 1.165) is 28.6 Å². The average molecular weight is 378 g/mol. The second-order valence-corrected chi connectivity index (χ2v) is 6.47. The molecule has 0 atom stereocenters. The van der Waals surface area contributed by atoms with Gasteiger partial charge in [0.2, 0.25) is 6.41 Å². The van der Waals surface area contributed by atoms with Crippen LogP contribution in [0.15, 0.2) is 10.5 Å². The lowest BCUT2D eigenvalue weighted by Crippen LogP contribution is -2.33. The van der Waals surface area contributed by atoms with E-state index in [0.29, 0.717) is 30.5 Å². The minimum Gasteiger partial charge on any atom is -0.490 e. The van der Waals surface area contributed by atoms with Crippen LogP contribution in [0.1, 0.15) is 11.1 Å². The molecule has 0 aliphatic heterocycles. The molecular formula is C15H22BrClN2O2. The summed E-state index contributed by atoms with van der Waals surface area (Å²) in [5.74, 6) is 0.691. The van der Waals surface area contributed by atoms with Crippen LogP contribution in [-0.2, 0) is 4.79 Å². The first-order valence-corrected chi connectivity index (χ1v) is 7.96. The number of carbonyl (C=O) groups is 1. The predicted octanol–water partition coefficient (Wildman–Crippen LogP) is 3.12. The summed E-state index contributed by atoms with van der Waals surface area (Å²) in [5, 5.41) is 0.618. The lowest BCUT2D eigenvalue weighted by molar-refractivity contribution is -0.118. The quantitative estimate of drug-likeness (QED) is 0.653. The van der Waals surface area contributed by atoms with Crippen molar-refractivity contribution in [3.05, 3.63) is 26.7 Å². The van der Waals surface area contributed by atoms with Gasteiger partial charge in [-0.1, -0.05) is 27.5 Å². The summed E-state index contributed by atoms with van der Waals surface area (Å²) in [6.07, 6.45) is 0.855. The molecule has 0 spiro atoms. The minimum absolute atomic E-state index is 0.424. The van der Waals surface area contributed by atoms with Gasteiger partial charge in [0.15, 0.2) is 0 Å². The smallest absolute Gasteiger partial charge is 0.209 e. The van der Waals surface area contributed by atoms with E-state index in [-0.39, 0.29) is 0 Å². The zero-order valence-electron chi connectivity index (χ0n) is 12.9. The van der Waals surface area contributed by atoms with Gasteiger partial charge in [0, 0.05) is 17.6 Å². The molecule has 6 heteroatoms. The molecule has 1 amide bonds. The molecule has 0 aliphatic rings. The van der Waals surface area contributed by atoms with Crippen molar-refractivity contribution in [1.82, 2.24) is 9.80 Å². The molecule has 0 heterocycles. The number of rotatable bonds is 8. The number of aryl methyl sites for hydroxylation is 1.